The van der Waals surface area contributed by atoms with Gasteiger partial charge in [0.25, 0.3) is 0 Å². The predicted molar refractivity (Wildman–Crippen MR) is 200 cm³/mol. The minimum Gasteiger partial charge on any atom is -0.474 e. The van der Waals surface area contributed by atoms with Gasteiger partial charge in [0.15, 0.2) is 12.0 Å². The van der Waals surface area contributed by atoms with Crippen LogP contribution in [0.5, 0.6) is 5.88 Å². The Labute approximate surface area is 318 Å². The van der Waals surface area contributed by atoms with Gasteiger partial charge in [-0.05, 0) is 92.3 Å². The van der Waals surface area contributed by atoms with Crippen LogP contribution in [-0.4, -0.2) is 94.6 Å². The first kappa shape index (κ1) is 40.7. The first-order valence-electron chi connectivity index (χ1n) is 17.8. The standard InChI is InChI=1S/C38H48F2N6O9/c1-20-23(17-42-31-30(20)46(13-14-51-31)35(50)55-38(8,9)10)22-15-21-16-27(41-18-24(21)29(28(22)40)44-33(48)53-36(2,3)4)43-32(47)52-26-11-12-45(19-25(26)39)34(49)54-37(5,6)7/h15-18,25-26H,11-14,19H2,1-10H3,(H,44,48)(H,41,43,47)/t25-,26-/m1/s1. The average molecular weight is 771 g/mol. The molecule has 0 bridgehead atoms. The SMILES string of the molecule is Cc1c(-c2cc3cc(NC(=O)O[C@@H]4CCN(C(=O)OC(C)(C)C)C[C@H]4F)ncc3c(NC(=O)OC(C)(C)C)c2F)cnc2c1N(C(=O)OC(C)(C)C)CCO2. The van der Waals surface area contributed by atoms with Crippen LogP contribution in [-0.2, 0) is 18.9 Å². The minimum absolute atomic E-state index is 0.0159. The van der Waals surface area contributed by atoms with Crippen LogP contribution in [0.2, 0.25) is 0 Å². The molecule has 3 aromatic rings. The van der Waals surface area contributed by atoms with E-state index in [2.05, 4.69) is 20.6 Å². The van der Waals surface area contributed by atoms with Crippen LogP contribution in [0.15, 0.2) is 24.5 Å². The Bertz CT molecular complexity index is 1990. The number of likely N-dealkylation sites (tertiary alicyclic amines) is 1. The van der Waals surface area contributed by atoms with E-state index < -0.39 is 59.3 Å². The molecule has 0 spiro atoms. The van der Waals surface area contributed by atoms with E-state index in [0.717, 1.165) is 0 Å². The second kappa shape index (κ2) is 15.3. The predicted octanol–water partition coefficient (Wildman–Crippen LogP) is 8.12. The normalized spacial score (nSPS) is 17.5. The largest absolute Gasteiger partial charge is 0.474 e. The second-order valence-electron chi connectivity index (χ2n) is 16.3. The summed E-state index contributed by atoms with van der Waals surface area (Å²) in [7, 11) is 0. The number of nitrogens with zero attached hydrogens (tertiary/aromatic N) is 4. The molecule has 4 heterocycles. The molecule has 17 heteroatoms. The smallest absolute Gasteiger partial charge is 0.415 e. The number of fused-ring (bicyclic) bond motifs is 2. The Morgan fingerprint density at radius 1 is 0.836 bits per heavy atom. The zero-order valence-electron chi connectivity index (χ0n) is 32.7. The first-order chi connectivity index (χ1) is 25.5. The molecule has 2 aliphatic heterocycles. The van der Waals surface area contributed by atoms with Crippen LogP contribution >= 0.6 is 0 Å². The fourth-order valence-electron chi connectivity index (χ4n) is 5.95. The maximum atomic E-state index is 16.7. The van der Waals surface area contributed by atoms with Crippen molar-refractivity contribution in [1.29, 1.82) is 0 Å². The van der Waals surface area contributed by atoms with E-state index in [9.17, 15) is 19.2 Å². The number of anilines is 3. The highest BCUT2D eigenvalue weighted by Crippen LogP contribution is 2.42. The van der Waals surface area contributed by atoms with E-state index in [1.165, 1.54) is 34.3 Å². The summed E-state index contributed by atoms with van der Waals surface area (Å²) in [5.74, 6) is -0.714. The van der Waals surface area contributed by atoms with Gasteiger partial charge in [-0.25, -0.2) is 37.9 Å². The zero-order chi connectivity index (χ0) is 40.6. The van der Waals surface area contributed by atoms with Gasteiger partial charge in [-0.3, -0.25) is 15.5 Å². The summed E-state index contributed by atoms with van der Waals surface area (Å²) in [4.78, 5) is 62.8. The molecule has 2 N–H and O–H groups in total. The number of nitrogens with one attached hydrogen (secondary N) is 2. The van der Waals surface area contributed by atoms with E-state index in [4.69, 9.17) is 23.7 Å². The molecule has 1 fully saturated rings. The van der Waals surface area contributed by atoms with E-state index >= 15 is 8.78 Å². The molecule has 0 radical (unpaired) electrons. The van der Waals surface area contributed by atoms with Crippen molar-refractivity contribution < 1.29 is 51.6 Å². The Balaban J connectivity index is 1.47. The van der Waals surface area contributed by atoms with Crippen molar-refractivity contribution in [2.45, 2.75) is 105 Å². The number of rotatable bonds is 4. The molecule has 4 amide bonds. The van der Waals surface area contributed by atoms with E-state index in [0.29, 0.717) is 16.6 Å². The number of halogens is 2. The third-order valence-electron chi connectivity index (χ3n) is 8.21. The number of aromatic nitrogens is 2. The molecule has 15 nitrogen and oxygen atoms in total. The first-order valence-corrected chi connectivity index (χ1v) is 17.8. The Hall–Kier alpha value is -5.48. The average Bonchev–Trinajstić information content (AvgIpc) is 3.04. The van der Waals surface area contributed by atoms with Crippen LogP contribution in [0.4, 0.5) is 45.2 Å². The maximum absolute atomic E-state index is 16.7. The van der Waals surface area contributed by atoms with Crippen molar-refractivity contribution >= 4 is 52.3 Å². The molecule has 0 unspecified atom stereocenters. The van der Waals surface area contributed by atoms with Crippen molar-refractivity contribution in [1.82, 2.24) is 14.9 Å². The molecule has 55 heavy (non-hydrogen) atoms. The van der Waals surface area contributed by atoms with E-state index in [1.807, 2.05) is 0 Å². The zero-order valence-corrected chi connectivity index (χ0v) is 32.7. The fourth-order valence-corrected chi connectivity index (χ4v) is 5.95. The van der Waals surface area contributed by atoms with Crippen LogP contribution in [0.25, 0.3) is 21.9 Å². The minimum atomic E-state index is -1.67. The number of benzene rings is 1. The van der Waals surface area contributed by atoms with Crippen molar-refractivity contribution in [3.8, 4) is 17.0 Å². The van der Waals surface area contributed by atoms with Crippen LogP contribution < -0.4 is 20.3 Å². The molecule has 2 atom stereocenters. The summed E-state index contributed by atoms with van der Waals surface area (Å²) in [5.41, 5.74) is -1.74. The Morgan fingerprint density at radius 3 is 2.13 bits per heavy atom. The molecule has 0 saturated carbocycles. The summed E-state index contributed by atoms with van der Waals surface area (Å²) in [5, 5.41) is 5.46. The van der Waals surface area contributed by atoms with Crippen LogP contribution in [0, 0.1) is 12.7 Å². The molecule has 298 valence electrons. The van der Waals surface area contributed by atoms with Crippen LogP contribution in [0.1, 0.15) is 74.3 Å². The molecule has 2 aromatic heterocycles. The van der Waals surface area contributed by atoms with Gasteiger partial charge in [-0.2, -0.15) is 0 Å². The van der Waals surface area contributed by atoms with E-state index in [1.54, 1.807) is 69.2 Å². The number of pyridine rings is 2. The molecule has 1 saturated heterocycles. The number of piperidine rings is 1. The van der Waals surface area contributed by atoms with E-state index in [-0.39, 0.29) is 66.6 Å². The lowest BCUT2D eigenvalue weighted by atomic mass is 9.96. The summed E-state index contributed by atoms with van der Waals surface area (Å²) >= 11 is 0. The second-order valence-corrected chi connectivity index (χ2v) is 16.3. The number of carbonyl (C=O) groups is 4. The highest BCUT2D eigenvalue weighted by Gasteiger charge is 2.36. The highest BCUT2D eigenvalue weighted by atomic mass is 19.1. The lowest BCUT2D eigenvalue weighted by Gasteiger charge is -2.35. The van der Waals surface area contributed by atoms with Gasteiger partial charge in [0.1, 0.15) is 41.0 Å². The molecular formula is C38H48F2N6O9. The third-order valence-corrected chi connectivity index (χ3v) is 8.21. The summed E-state index contributed by atoms with van der Waals surface area (Å²) < 4.78 is 59.3. The van der Waals surface area contributed by atoms with Gasteiger partial charge >= 0.3 is 24.4 Å². The monoisotopic (exact) mass is 770 g/mol. The van der Waals surface area contributed by atoms with Crippen molar-refractivity contribution in [2.24, 2.45) is 0 Å². The van der Waals surface area contributed by atoms with Crippen LogP contribution in [0.3, 0.4) is 0 Å². The van der Waals surface area contributed by atoms with Gasteiger partial charge in [0.05, 0.1) is 18.8 Å². The molecular weight excluding hydrogens is 722 g/mol. The number of alkyl halides is 1. The maximum Gasteiger partial charge on any atom is 0.415 e. The van der Waals surface area contributed by atoms with Crippen molar-refractivity contribution in [3.63, 3.8) is 0 Å². The Morgan fingerprint density at radius 2 is 1.49 bits per heavy atom. The number of amides is 4. The van der Waals surface area contributed by atoms with Gasteiger partial charge in [0.2, 0.25) is 5.88 Å². The summed E-state index contributed by atoms with van der Waals surface area (Å²) in [6, 6.07) is 2.90. The van der Waals surface area contributed by atoms with Gasteiger partial charge in [0, 0.05) is 41.9 Å². The lowest BCUT2D eigenvalue weighted by molar-refractivity contribution is -0.0213. The molecule has 0 aliphatic carbocycles. The van der Waals surface area contributed by atoms with Crippen molar-refractivity contribution in [3.05, 3.63) is 35.9 Å². The number of carbonyl (C=O) groups excluding carboxylic acids is 4. The highest BCUT2D eigenvalue weighted by molar-refractivity contribution is 6.05. The molecule has 2 aliphatic rings. The summed E-state index contributed by atoms with van der Waals surface area (Å²) in [6.45, 7) is 17.1. The topological polar surface area (TPSA) is 171 Å². The fraction of sp³-hybridized carbons (Fsp3) is 0.526. The number of ether oxygens (including phenoxy) is 5. The van der Waals surface area contributed by atoms with Gasteiger partial charge < -0.3 is 28.6 Å². The summed E-state index contributed by atoms with van der Waals surface area (Å²) in [6.07, 6.45) is -3.37. The molecule has 5 rings (SSSR count). The lowest BCUT2D eigenvalue weighted by Crippen LogP contribution is -2.50. The van der Waals surface area contributed by atoms with Gasteiger partial charge in [-0.15, -0.1) is 0 Å². The third kappa shape index (κ3) is 9.99. The Kier molecular flexibility index (Phi) is 11.3. The number of hydrogen-bond acceptors (Lipinski definition) is 11. The molecule has 1 aromatic carbocycles. The van der Waals surface area contributed by atoms with Crippen molar-refractivity contribution in [2.75, 3.05) is 41.8 Å². The number of hydrogen-bond donors (Lipinski definition) is 2. The van der Waals surface area contributed by atoms with Gasteiger partial charge in [-0.1, -0.05) is 0 Å². The quantitative estimate of drug-likeness (QED) is 0.246.